The van der Waals surface area contributed by atoms with Crippen LogP contribution in [0.4, 0.5) is 0 Å². The maximum absolute atomic E-state index is 12.9. The third kappa shape index (κ3) is 3.33. The predicted octanol–water partition coefficient (Wildman–Crippen LogP) is 2.03. The standard InChI is InChI=1S/C23H27N5O2/c1-25-20-4-2-3-5-21(20)28(23(25)30)19-8-12-27(13-9-19)22(29)18-15-26(16-18)14-17-6-10-24-11-7-17/h2-7,10-11,18-19H,8-9,12-16H2,1H3. The van der Waals surface area contributed by atoms with Crippen LogP contribution in [0.25, 0.3) is 11.0 Å². The van der Waals surface area contributed by atoms with Gasteiger partial charge < -0.3 is 4.90 Å². The minimum Gasteiger partial charge on any atom is -0.342 e. The Kier molecular flexibility index (Phi) is 4.90. The van der Waals surface area contributed by atoms with Gasteiger partial charge in [-0.1, -0.05) is 12.1 Å². The summed E-state index contributed by atoms with van der Waals surface area (Å²) in [5.74, 6) is 0.369. The van der Waals surface area contributed by atoms with Crippen molar-refractivity contribution in [2.75, 3.05) is 26.2 Å². The summed E-state index contributed by atoms with van der Waals surface area (Å²) in [5.41, 5.74) is 3.22. The van der Waals surface area contributed by atoms with Gasteiger partial charge in [-0.05, 0) is 42.7 Å². The van der Waals surface area contributed by atoms with Crippen LogP contribution in [0.1, 0.15) is 24.4 Å². The summed E-state index contributed by atoms with van der Waals surface area (Å²) >= 11 is 0. The maximum Gasteiger partial charge on any atom is 0.329 e. The first-order chi connectivity index (χ1) is 14.6. The van der Waals surface area contributed by atoms with Gasteiger partial charge in [0.05, 0.1) is 17.0 Å². The normalized spacial score (nSPS) is 18.6. The summed E-state index contributed by atoms with van der Waals surface area (Å²) in [7, 11) is 1.83. The molecule has 2 fully saturated rings. The van der Waals surface area contributed by atoms with Crippen LogP contribution in [0.5, 0.6) is 0 Å². The molecule has 0 atom stereocenters. The molecule has 30 heavy (non-hydrogen) atoms. The van der Waals surface area contributed by atoms with Crippen LogP contribution in [-0.4, -0.2) is 56.0 Å². The molecule has 2 saturated heterocycles. The lowest BCUT2D eigenvalue weighted by Gasteiger charge is -2.42. The van der Waals surface area contributed by atoms with E-state index >= 15 is 0 Å². The van der Waals surface area contributed by atoms with Gasteiger partial charge >= 0.3 is 5.69 Å². The summed E-state index contributed by atoms with van der Waals surface area (Å²) < 4.78 is 3.65. The zero-order valence-electron chi connectivity index (χ0n) is 17.3. The van der Waals surface area contributed by atoms with E-state index in [1.807, 2.05) is 65.3 Å². The van der Waals surface area contributed by atoms with Crippen molar-refractivity contribution in [3.63, 3.8) is 0 Å². The zero-order chi connectivity index (χ0) is 20.7. The maximum atomic E-state index is 12.9. The number of pyridine rings is 1. The highest BCUT2D eigenvalue weighted by molar-refractivity contribution is 5.80. The Morgan fingerprint density at radius 2 is 1.70 bits per heavy atom. The van der Waals surface area contributed by atoms with Crippen LogP contribution in [0.15, 0.2) is 53.6 Å². The van der Waals surface area contributed by atoms with E-state index in [9.17, 15) is 9.59 Å². The molecule has 2 aromatic heterocycles. The number of imidazole rings is 1. The molecular weight excluding hydrogens is 378 g/mol. The fraction of sp³-hybridized carbons (Fsp3) is 0.435. The average Bonchev–Trinajstić information content (AvgIpc) is 3.01. The van der Waals surface area contributed by atoms with Gasteiger partial charge in [0.15, 0.2) is 0 Å². The van der Waals surface area contributed by atoms with Crippen molar-refractivity contribution in [2.45, 2.75) is 25.4 Å². The molecule has 0 aliphatic carbocycles. The number of likely N-dealkylation sites (tertiary alicyclic amines) is 2. The Morgan fingerprint density at radius 3 is 2.40 bits per heavy atom. The minimum atomic E-state index is 0.0340. The summed E-state index contributed by atoms with van der Waals surface area (Å²) in [6, 6.07) is 12.1. The van der Waals surface area contributed by atoms with Gasteiger partial charge in [0.2, 0.25) is 5.91 Å². The van der Waals surface area contributed by atoms with Crippen molar-refractivity contribution < 1.29 is 4.79 Å². The number of hydrogen-bond acceptors (Lipinski definition) is 4. The molecule has 156 valence electrons. The van der Waals surface area contributed by atoms with Crippen molar-refractivity contribution in [3.8, 4) is 0 Å². The molecule has 0 N–H and O–H groups in total. The number of amides is 1. The lowest BCUT2D eigenvalue weighted by Crippen LogP contribution is -2.55. The van der Waals surface area contributed by atoms with E-state index in [2.05, 4.69) is 9.88 Å². The van der Waals surface area contributed by atoms with Crippen molar-refractivity contribution in [1.29, 1.82) is 0 Å². The van der Waals surface area contributed by atoms with Gasteiger partial charge in [0.25, 0.3) is 0 Å². The number of rotatable bonds is 4. The number of nitrogens with zero attached hydrogens (tertiary/aromatic N) is 5. The molecule has 0 unspecified atom stereocenters. The third-order valence-corrected chi connectivity index (χ3v) is 6.60. The van der Waals surface area contributed by atoms with E-state index in [-0.39, 0.29) is 23.6 Å². The quantitative estimate of drug-likeness (QED) is 0.666. The van der Waals surface area contributed by atoms with Gasteiger partial charge in [-0.25, -0.2) is 4.79 Å². The molecule has 0 saturated carbocycles. The summed E-state index contributed by atoms with van der Waals surface area (Å²) in [6.45, 7) is 3.96. The third-order valence-electron chi connectivity index (χ3n) is 6.60. The second-order valence-electron chi connectivity index (χ2n) is 8.50. The Morgan fingerprint density at radius 1 is 1.03 bits per heavy atom. The van der Waals surface area contributed by atoms with Gasteiger partial charge in [0, 0.05) is 58.2 Å². The van der Waals surface area contributed by atoms with E-state index in [0.717, 1.165) is 56.6 Å². The first kappa shape index (κ1) is 19.1. The second-order valence-corrected chi connectivity index (χ2v) is 8.50. The molecule has 0 spiro atoms. The van der Waals surface area contributed by atoms with Crippen molar-refractivity contribution in [1.82, 2.24) is 23.9 Å². The first-order valence-corrected chi connectivity index (χ1v) is 10.7. The van der Waals surface area contributed by atoms with Gasteiger partial charge in [-0.3, -0.25) is 23.8 Å². The number of fused-ring (bicyclic) bond motifs is 1. The number of benzene rings is 1. The van der Waals surface area contributed by atoms with Crippen molar-refractivity contribution in [3.05, 3.63) is 64.8 Å². The molecule has 4 heterocycles. The summed E-state index contributed by atoms with van der Waals surface area (Å²) in [6.07, 6.45) is 5.27. The smallest absolute Gasteiger partial charge is 0.329 e. The van der Waals surface area contributed by atoms with Crippen LogP contribution in [0.3, 0.4) is 0 Å². The number of carbonyl (C=O) groups excluding carboxylic acids is 1. The molecule has 2 aliphatic heterocycles. The van der Waals surface area contributed by atoms with Crippen LogP contribution in [-0.2, 0) is 18.4 Å². The van der Waals surface area contributed by atoms with E-state index in [4.69, 9.17) is 0 Å². The Bertz CT molecular complexity index is 1110. The Balaban J connectivity index is 1.19. The number of para-hydroxylation sites is 2. The fourth-order valence-corrected chi connectivity index (χ4v) is 4.88. The number of aryl methyl sites for hydroxylation is 1. The van der Waals surface area contributed by atoms with Crippen LogP contribution in [0.2, 0.25) is 0 Å². The zero-order valence-corrected chi connectivity index (χ0v) is 17.3. The summed E-state index contributed by atoms with van der Waals surface area (Å²) in [5, 5.41) is 0. The number of aromatic nitrogens is 3. The highest BCUT2D eigenvalue weighted by atomic mass is 16.2. The lowest BCUT2D eigenvalue weighted by molar-refractivity contribution is -0.142. The van der Waals surface area contributed by atoms with Gasteiger partial charge in [-0.15, -0.1) is 0 Å². The largest absolute Gasteiger partial charge is 0.342 e. The Labute approximate surface area is 175 Å². The average molecular weight is 406 g/mol. The molecule has 0 radical (unpaired) electrons. The molecule has 0 bridgehead atoms. The van der Waals surface area contributed by atoms with E-state index in [1.165, 1.54) is 5.56 Å². The van der Waals surface area contributed by atoms with E-state index in [1.54, 1.807) is 4.57 Å². The molecule has 2 aliphatic rings. The van der Waals surface area contributed by atoms with Crippen molar-refractivity contribution in [2.24, 2.45) is 13.0 Å². The molecule has 3 aromatic rings. The molecular formula is C23H27N5O2. The second kappa shape index (κ2) is 7.72. The molecule has 1 aromatic carbocycles. The van der Waals surface area contributed by atoms with E-state index in [0.29, 0.717) is 0 Å². The molecule has 7 heteroatoms. The highest BCUT2D eigenvalue weighted by Crippen LogP contribution is 2.28. The van der Waals surface area contributed by atoms with Gasteiger partial charge in [-0.2, -0.15) is 0 Å². The monoisotopic (exact) mass is 405 g/mol. The highest BCUT2D eigenvalue weighted by Gasteiger charge is 2.36. The first-order valence-electron chi connectivity index (χ1n) is 10.7. The van der Waals surface area contributed by atoms with Crippen LogP contribution < -0.4 is 5.69 Å². The van der Waals surface area contributed by atoms with Crippen molar-refractivity contribution >= 4 is 16.9 Å². The minimum absolute atomic E-state index is 0.0340. The number of piperidine rings is 1. The Hall–Kier alpha value is -2.93. The molecule has 5 rings (SSSR count). The topological polar surface area (TPSA) is 63.4 Å². The molecule has 1 amide bonds. The number of hydrogen-bond donors (Lipinski definition) is 0. The summed E-state index contributed by atoms with van der Waals surface area (Å²) in [4.78, 5) is 34.1. The number of carbonyl (C=O) groups is 1. The predicted molar refractivity (Wildman–Crippen MR) is 115 cm³/mol. The molecule has 7 nitrogen and oxygen atoms in total. The lowest BCUT2D eigenvalue weighted by atomic mass is 9.95. The van der Waals surface area contributed by atoms with E-state index < -0.39 is 0 Å². The fourth-order valence-electron chi connectivity index (χ4n) is 4.88. The van der Waals surface area contributed by atoms with Gasteiger partial charge in [0.1, 0.15) is 0 Å². The SMILES string of the molecule is Cn1c(=O)n(C2CCN(C(=O)C3CN(Cc4ccncc4)C3)CC2)c2ccccc21. The van der Waals surface area contributed by atoms with Crippen LogP contribution >= 0.6 is 0 Å². The van der Waals surface area contributed by atoms with Crippen LogP contribution in [0, 0.1) is 5.92 Å².